The lowest BCUT2D eigenvalue weighted by Gasteiger charge is -2.21. The molecule has 3 rings (SSSR count). The first-order valence-electron chi connectivity index (χ1n) is 8.63. The molecule has 9 heteroatoms. The number of thioether (sulfide) groups is 1. The average molecular weight is 416 g/mol. The summed E-state index contributed by atoms with van der Waals surface area (Å²) >= 11 is 3.01. The highest BCUT2D eigenvalue weighted by Crippen LogP contribution is 2.21. The van der Waals surface area contributed by atoms with Crippen molar-refractivity contribution in [2.24, 2.45) is 0 Å². The number of carbonyl (C=O) groups is 1. The monoisotopic (exact) mass is 415 g/mol. The Morgan fingerprint density at radius 2 is 2.14 bits per heavy atom. The molecular formula is C19H18FN5OS2. The lowest BCUT2D eigenvalue weighted by Crippen LogP contribution is -2.33. The molecule has 2 aromatic heterocycles. The van der Waals surface area contributed by atoms with Crippen molar-refractivity contribution in [3.63, 3.8) is 0 Å². The molecule has 1 aromatic carbocycles. The number of aryl methyl sites for hydroxylation is 2. The number of hydrogen-bond donors (Lipinski definition) is 0. The lowest BCUT2D eigenvalue weighted by molar-refractivity contribution is -0.116. The predicted octanol–water partition coefficient (Wildman–Crippen LogP) is 3.76. The standard InChI is InChI=1S/C19H18FN5OS2/c20-15-4-6-16(7-5-15)25(10-2-9-21)18(26)13-28-19-23-22-14-24(19)11-8-17-3-1-12-27-17/h1,3-7,12,14H,2,8,10-11,13H2. The van der Waals surface area contributed by atoms with E-state index in [4.69, 9.17) is 5.26 Å². The van der Waals surface area contributed by atoms with E-state index in [-0.39, 0.29) is 30.4 Å². The van der Waals surface area contributed by atoms with Crippen molar-refractivity contribution in [3.8, 4) is 6.07 Å². The van der Waals surface area contributed by atoms with Crippen LogP contribution in [0.3, 0.4) is 0 Å². The third kappa shape index (κ3) is 5.41. The number of aromatic nitrogens is 3. The topological polar surface area (TPSA) is 74.8 Å². The SMILES string of the molecule is N#CCCN(C(=O)CSc1nncn1CCc1cccs1)c1ccc(F)cc1. The molecule has 1 amide bonds. The van der Waals surface area contributed by atoms with Crippen molar-refractivity contribution in [2.75, 3.05) is 17.2 Å². The molecular weight excluding hydrogens is 397 g/mol. The summed E-state index contributed by atoms with van der Waals surface area (Å²) in [5, 5.41) is 19.6. The summed E-state index contributed by atoms with van der Waals surface area (Å²) in [7, 11) is 0. The highest BCUT2D eigenvalue weighted by atomic mass is 32.2. The fourth-order valence-electron chi connectivity index (χ4n) is 2.58. The summed E-state index contributed by atoms with van der Waals surface area (Å²) in [5.74, 6) is -0.384. The van der Waals surface area contributed by atoms with Gasteiger partial charge in [0.15, 0.2) is 5.16 Å². The zero-order valence-corrected chi connectivity index (χ0v) is 16.6. The minimum atomic E-state index is -0.371. The molecule has 0 radical (unpaired) electrons. The zero-order chi connectivity index (χ0) is 19.8. The molecule has 0 saturated carbocycles. The van der Waals surface area contributed by atoms with E-state index in [1.807, 2.05) is 22.1 Å². The van der Waals surface area contributed by atoms with Crippen LogP contribution in [0.5, 0.6) is 0 Å². The van der Waals surface area contributed by atoms with Crippen molar-refractivity contribution in [2.45, 2.75) is 24.5 Å². The van der Waals surface area contributed by atoms with Crippen LogP contribution in [0.25, 0.3) is 0 Å². The summed E-state index contributed by atoms with van der Waals surface area (Å²) in [4.78, 5) is 15.5. The van der Waals surface area contributed by atoms with Gasteiger partial charge in [0.1, 0.15) is 12.1 Å². The van der Waals surface area contributed by atoms with Gasteiger partial charge in [0.05, 0.1) is 18.2 Å². The molecule has 3 aromatic rings. The van der Waals surface area contributed by atoms with Crippen molar-refractivity contribution >= 4 is 34.7 Å². The number of nitrogens with zero attached hydrogens (tertiary/aromatic N) is 5. The highest BCUT2D eigenvalue weighted by molar-refractivity contribution is 7.99. The highest BCUT2D eigenvalue weighted by Gasteiger charge is 2.17. The van der Waals surface area contributed by atoms with Crippen LogP contribution < -0.4 is 4.90 Å². The van der Waals surface area contributed by atoms with Gasteiger partial charge in [-0.3, -0.25) is 4.79 Å². The maximum absolute atomic E-state index is 13.2. The molecule has 28 heavy (non-hydrogen) atoms. The number of benzene rings is 1. The van der Waals surface area contributed by atoms with Crippen molar-refractivity contribution in [1.82, 2.24) is 14.8 Å². The van der Waals surface area contributed by atoms with Gasteiger partial charge in [-0.1, -0.05) is 17.8 Å². The fourth-order valence-corrected chi connectivity index (χ4v) is 4.10. The maximum atomic E-state index is 13.2. The number of halogens is 1. The number of rotatable bonds is 9. The fraction of sp³-hybridized carbons (Fsp3) is 0.263. The molecule has 6 nitrogen and oxygen atoms in total. The average Bonchev–Trinajstić information content (AvgIpc) is 3.38. The molecule has 0 aliphatic carbocycles. The van der Waals surface area contributed by atoms with Gasteiger partial charge in [-0.25, -0.2) is 4.39 Å². The van der Waals surface area contributed by atoms with E-state index in [9.17, 15) is 9.18 Å². The Morgan fingerprint density at radius 3 is 2.86 bits per heavy atom. The number of hydrogen-bond acceptors (Lipinski definition) is 6. The molecule has 0 aliphatic rings. The van der Waals surface area contributed by atoms with E-state index >= 15 is 0 Å². The van der Waals surface area contributed by atoms with Gasteiger partial charge in [0, 0.05) is 23.7 Å². The summed E-state index contributed by atoms with van der Waals surface area (Å²) in [6.07, 6.45) is 2.74. The van der Waals surface area contributed by atoms with E-state index in [2.05, 4.69) is 16.3 Å². The van der Waals surface area contributed by atoms with Gasteiger partial charge < -0.3 is 9.47 Å². The molecule has 0 bridgehead atoms. The Balaban J connectivity index is 1.62. The van der Waals surface area contributed by atoms with Crippen LogP contribution in [0, 0.1) is 17.1 Å². The van der Waals surface area contributed by atoms with Gasteiger partial charge in [-0.15, -0.1) is 21.5 Å². The maximum Gasteiger partial charge on any atom is 0.237 e. The quantitative estimate of drug-likeness (QED) is 0.498. The largest absolute Gasteiger partial charge is 0.311 e. The molecule has 0 fully saturated rings. The molecule has 144 valence electrons. The summed E-state index contributed by atoms with van der Waals surface area (Å²) < 4.78 is 15.1. The Hall–Kier alpha value is -2.70. The number of carbonyl (C=O) groups excluding carboxylic acids is 1. The minimum absolute atomic E-state index is 0.153. The molecule has 0 atom stereocenters. The van der Waals surface area contributed by atoms with Gasteiger partial charge in [0.2, 0.25) is 5.91 Å². The lowest BCUT2D eigenvalue weighted by atomic mass is 10.2. The smallest absolute Gasteiger partial charge is 0.237 e. The second-order valence-electron chi connectivity index (χ2n) is 5.85. The van der Waals surface area contributed by atoms with Gasteiger partial charge >= 0.3 is 0 Å². The third-order valence-corrected chi connectivity index (χ3v) is 5.87. The summed E-state index contributed by atoms with van der Waals surface area (Å²) in [6.45, 7) is 0.993. The molecule has 2 heterocycles. The normalized spacial score (nSPS) is 10.6. The van der Waals surface area contributed by atoms with Gasteiger partial charge in [-0.05, 0) is 42.1 Å². The van der Waals surface area contributed by atoms with Crippen molar-refractivity contribution < 1.29 is 9.18 Å². The Labute approximate surface area is 170 Å². The summed E-state index contributed by atoms with van der Waals surface area (Å²) in [5.41, 5.74) is 0.571. The molecule has 0 saturated heterocycles. The predicted molar refractivity (Wildman–Crippen MR) is 108 cm³/mol. The number of thiophene rings is 1. The first-order valence-corrected chi connectivity index (χ1v) is 10.5. The van der Waals surface area contributed by atoms with Gasteiger partial charge in [0.25, 0.3) is 0 Å². The zero-order valence-electron chi connectivity index (χ0n) is 15.0. The molecule has 0 aliphatic heterocycles. The Bertz CT molecular complexity index is 934. The molecule has 0 N–H and O–H groups in total. The Morgan fingerprint density at radius 1 is 1.32 bits per heavy atom. The van der Waals surface area contributed by atoms with E-state index in [0.29, 0.717) is 10.8 Å². The summed E-state index contributed by atoms with van der Waals surface area (Å²) in [6, 6.07) is 11.8. The Kier molecular flexibility index (Phi) is 7.17. The van der Waals surface area contributed by atoms with Crippen LogP contribution in [0.2, 0.25) is 0 Å². The number of anilines is 1. The second-order valence-corrected chi connectivity index (χ2v) is 7.83. The van der Waals surface area contributed by atoms with Crippen LogP contribution in [0.1, 0.15) is 11.3 Å². The molecule has 0 unspecified atom stereocenters. The van der Waals surface area contributed by atoms with E-state index < -0.39 is 0 Å². The molecule has 0 spiro atoms. The number of nitriles is 1. The van der Waals surface area contributed by atoms with Gasteiger partial charge in [-0.2, -0.15) is 5.26 Å². The van der Waals surface area contributed by atoms with E-state index in [1.54, 1.807) is 29.8 Å². The van der Waals surface area contributed by atoms with Crippen LogP contribution in [-0.2, 0) is 17.8 Å². The number of amides is 1. The van der Waals surface area contributed by atoms with E-state index in [0.717, 1.165) is 13.0 Å². The first-order chi connectivity index (χ1) is 13.7. The van der Waals surface area contributed by atoms with E-state index in [1.165, 1.54) is 33.7 Å². The first kappa shape index (κ1) is 20.0. The second kappa shape index (κ2) is 10.0. The van der Waals surface area contributed by atoms with Crippen LogP contribution in [0.4, 0.5) is 10.1 Å². The third-order valence-electron chi connectivity index (χ3n) is 3.97. The van der Waals surface area contributed by atoms with Crippen LogP contribution >= 0.6 is 23.1 Å². The van der Waals surface area contributed by atoms with Crippen molar-refractivity contribution in [1.29, 1.82) is 5.26 Å². The van der Waals surface area contributed by atoms with Crippen molar-refractivity contribution in [3.05, 3.63) is 58.8 Å². The van der Waals surface area contributed by atoms with Crippen LogP contribution in [0.15, 0.2) is 53.3 Å². The minimum Gasteiger partial charge on any atom is -0.311 e. The van der Waals surface area contributed by atoms with Crippen LogP contribution in [-0.4, -0.2) is 33.0 Å².